The lowest BCUT2D eigenvalue weighted by Crippen LogP contribution is -2.15. The Labute approximate surface area is 163 Å². The van der Waals surface area contributed by atoms with Gasteiger partial charge in [-0.05, 0) is 36.7 Å². The first-order chi connectivity index (χ1) is 11.8. The number of ether oxygens (including phenoxy) is 1. The van der Waals surface area contributed by atoms with Crippen LogP contribution in [0.5, 0.6) is 5.75 Å². The fourth-order valence-corrected chi connectivity index (χ4v) is 2.83. The van der Waals surface area contributed by atoms with E-state index in [-0.39, 0.29) is 12.4 Å². The van der Waals surface area contributed by atoms with Gasteiger partial charge in [-0.25, -0.2) is 0 Å². The molecule has 0 heterocycles. The lowest BCUT2D eigenvalue weighted by Gasteiger charge is -2.13. The molecule has 0 bridgehead atoms. The number of hydrogen-bond acceptors (Lipinski definition) is 2. The zero-order valence-corrected chi connectivity index (χ0v) is 16.5. The van der Waals surface area contributed by atoms with E-state index in [1.807, 2.05) is 36.4 Å². The van der Waals surface area contributed by atoms with E-state index in [0.717, 1.165) is 29.4 Å². The smallest absolute Gasteiger partial charge is 0.124 e. The van der Waals surface area contributed by atoms with Crippen LogP contribution in [-0.4, -0.2) is 6.54 Å². The van der Waals surface area contributed by atoms with Gasteiger partial charge in [-0.15, -0.1) is 12.4 Å². The van der Waals surface area contributed by atoms with E-state index in [9.17, 15) is 0 Å². The van der Waals surface area contributed by atoms with Crippen molar-refractivity contribution in [1.29, 1.82) is 0 Å². The summed E-state index contributed by atoms with van der Waals surface area (Å²) < 4.78 is 5.99. The van der Waals surface area contributed by atoms with Crippen LogP contribution < -0.4 is 10.1 Å². The van der Waals surface area contributed by atoms with Crippen molar-refractivity contribution in [2.24, 2.45) is 0 Å². The molecule has 0 aliphatic heterocycles. The number of rotatable bonds is 11. The maximum Gasteiger partial charge on any atom is 0.124 e. The Hall–Kier alpha value is -1.22. The van der Waals surface area contributed by atoms with Crippen molar-refractivity contribution in [1.82, 2.24) is 5.32 Å². The molecule has 0 atom stereocenters. The highest BCUT2D eigenvalue weighted by atomic mass is 35.5. The molecule has 0 radical (unpaired) electrons. The van der Waals surface area contributed by atoms with Crippen molar-refractivity contribution in [2.45, 2.75) is 52.2 Å². The molecular formula is C21H29Cl2NO. The maximum atomic E-state index is 6.15. The standard InChI is InChI=1S/C21H28ClNO.ClH/c1-2-3-4-5-9-14-23-16-19-15-20(22)12-13-21(19)24-17-18-10-7-6-8-11-18;/h6-8,10-13,15,23H,2-5,9,14,16-17H2,1H3;1H. The molecule has 1 N–H and O–H groups in total. The van der Waals surface area contributed by atoms with Crippen LogP contribution in [0.4, 0.5) is 0 Å². The molecule has 0 amide bonds. The highest BCUT2D eigenvalue weighted by Crippen LogP contribution is 2.24. The summed E-state index contributed by atoms with van der Waals surface area (Å²) in [6.45, 7) is 4.65. The van der Waals surface area contributed by atoms with Crippen LogP contribution in [0.2, 0.25) is 5.02 Å². The Morgan fingerprint density at radius 3 is 2.48 bits per heavy atom. The fraction of sp³-hybridized carbons (Fsp3) is 0.429. The SMILES string of the molecule is CCCCCCCNCc1cc(Cl)ccc1OCc1ccccc1.Cl. The van der Waals surface area contributed by atoms with Crippen LogP contribution in [0.3, 0.4) is 0 Å². The quantitative estimate of drug-likeness (QED) is 0.454. The van der Waals surface area contributed by atoms with Gasteiger partial charge < -0.3 is 10.1 Å². The van der Waals surface area contributed by atoms with Gasteiger partial charge in [-0.1, -0.05) is 74.5 Å². The normalized spacial score (nSPS) is 10.3. The van der Waals surface area contributed by atoms with Gasteiger partial charge in [0.2, 0.25) is 0 Å². The highest BCUT2D eigenvalue weighted by Gasteiger charge is 2.05. The van der Waals surface area contributed by atoms with Crippen LogP contribution in [0.25, 0.3) is 0 Å². The van der Waals surface area contributed by atoms with Crippen LogP contribution in [-0.2, 0) is 13.2 Å². The molecule has 0 fully saturated rings. The molecule has 4 heteroatoms. The Balaban J connectivity index is 0.00000312. The minimum atomic E-state index is 0. The predicted molar refractivity (Wildman–Crippen MR) is 110 cm³/mol. The van der Waals surface area contributed by atoms with Gasteiger partial charge in [-0.2, -0.15) is 0 Å². The van der Waals surface area contributed by atoms with Crippen LogP contribution >= 0.6 is 24.0 Å². The minimum absolute atomic E-state index is 0. The fourth-order valence-electron chi connectivity index (χ4n) is 2.64. The molecule has 25 heavy (non-hydrogen) atoms. The van der Waals surface area contributed by atoms with Gasteiger partial charge in [0, 0.05) is 17.1 Å². The summed E-state index contributed by atoms with van der Waals surface area (Å²) in [7, 11) is 0. The van der Waals surface area contributed by atoms with Crippen LogP contribution in [0.15, 0.2) is 48.5 Å². The van der Waals surface area contributed by atoms with Crippen LogP contribution in [0, 0.1) is 0 Å². The molecule has 0 aliphatic carbocycles. The first-order valence-electron chi connectivity index (χ1n) is 8.95. The van der Waals surface area contributed by atoms with Gasteiger partial charge in [-0.3, -0.25) is 0 Å². The summed E-state index contributed by atoms with van der Waals surface area (Å²) in [5.41, 5.74) is 2.29. The van der Waals surface area contributed by atoms with Crippen molar-refractivity contribution in [3.05, 3.63) is 64.7 Å². The van der Waals surface area contributed by atoms with Crippen LogP contribution in [0.1, 0.15) is 50.2 Å². The average molecular weight is 382 g/mol. The third-order valence-electron chi connectivity index (χ3n) is 4.03. The summed E-state index contributed by atoms with van der Waals surface area (Å²) in [5, 5.41) is 4.26. The Bertz CT molecular complexity index is 590. The lowest BCUT2D eigenvalue weighted by atomic mass is 10.1. The zero-order chi connectivity index (χ0) is 17.0. The molecule has 2 aromatic rings. The molecule has 0 spiro atoms. The monoisotopic (exact) mass is 381 g/mol. The van der Waals surface area contributed by atoms with E-state index in [1.165, 1.54) is 37.7 Å². The molecule has 2 nitrogen and oxygen atoms in total. The lowest BCUT2D eigenvalue weighted by molar-refractivity contribution is 0.302. The first-order valence-corrected chi connectivity index (χ1v) is 9.33. The number of unbranched alkanes of at least 4 members (excludes halogenated alkanes) is 4. The Morgan fingerprint density at radius 1 is 0.960 bits per heavy atom. The second kappa shape index (κ2) is 13.0. The van der Waals surface area contributed by atoms with Gasteiger partial charge in [0.1, 0.15) is 12.4 Å². The molecule has 2 aromatic carbocycles. The van der Waals surface area contributed by atoms with E-state index < -0.39 is 0 Å². The summed E-state index contributed by atoms with van der Waals surface area (Å²) in [5.74, 6) is 0.904. The second-order valence-corrected chi connectivity index (χ2v) is 6.55. The number of hydrogen-bond donors (Lipinski definition) is 1. The number of nitrogens with one attached hydrogen (secondary N) is 1. The molecule has 0 unspecified atom stereocenters. The van der Waals surface area contributed by atoms with E-state index in [0.29, 0.717) is 6.61 Å². The summed E-state index contributed by atoms with van der Waals surface area (Å²) in [6, 6.07) is 16.1. The first kappa shape index (κ1) is 21.8. The Kier molecular flexibility index (Phi) is 11.4. The van der Waals surface area contributed by atoms with Crippen molar-refractivity contribution in [2.75, 3.05) is 6.54 Å². The Morgan fingerprint density at radius 2 is 1.72 bits per heavy atom. The van der Waals surface area contributed by atoms with E-state index in [4.69, 9.17) is 16.3 Å². The molecular weight excluding hydrogens is 353 g/mol. The highest BCUT2D eigenvalue weighted by molar-refractivity contribution is 6.30. The zero-order valence-electron chi connectivity index (χ0n) is 15.0. The largest absolute Gasteiger partial charge is 0.489 e. The molecule has 0 saturated heterocycles. The molecule has 2 rings (SSSR count). The molecule has 0 saturated carbocycles. The summed E-state index contributed by atoms with van der Waals surface area (Å²) in [6.07, 6.45) is 6.49. The van der Waals surface area contributed by atoms with Crippen molar-refractivity contribution in [3.8, 4) is 5.75 Å². The van der Waals surface area contributed by atoms with Crippen molar-refractivity contribution < 1.29 is 4.74 Å². The van der Waals surface area contributed by atoms with Crippen molar-refractivity contribution >= 4 is 24.0 Å². The predicted octanol–water partition coefficient (Wildman–Crippen LogP) is 6.40. The van der Waals surface area contributed by atoms with E-state index in [2.05, 4.69) is 24.4 Å². The molecule has 0 aliphatic rings. The minimum Gasteiger partial charge on any atom is -0.489 e. The average Bonchev–Trinajstić information content (AvgIpc) is 2.61. The maximum absolute atomic E-state index is 6.15. The third kappa shape index (κ3) is 8.62. The number of halogens is 2. The van der Waals surface area contributed by atoms with Gasteiger partial charge in [0.25, 0.3) is 0 Å². The second-order valence-electron chi connectivity index (χ2n) is 6.12. The van der Waals surface area contributed by atoms with Crippen molar-refractivity contribution in [3.63, 3.8) is 0 Å². The van der Waals surface area contributed by atoms with E-state index >= 15 is 0 Å². The summed E-state index contributed by atoms with van der Waals surface area (Å²) in [4.78, 5) is 0. The molecule has 0 aromatic heterocycles. The third-order valence-corrected chi connectivity index (χ3v) is 4.27. The van der Waals surface area contributed by atoms with Gasteiger partial charge in [0.15, 0.2) is 0 Å². The number of benzene rings is 2. The topological polar surface area (TPSA) is 21.3 Å². The molecule has 138 valence electrons. The summed E-state index contributed by atoms with van der Waals surface area (Å²) >= 11 is 6.15. The van der Waals surface area contributed by atoms with E-state index in [1.54, 1.807) is 0 Å². The van der Waals surface area contributed by atoms with Gasteiger partial charge in [0.05, 0.1) is 0 Å². The van der Waals surface area contributed by atoms with Gasteiger partial charge >= 0.3 is 0 Å².